The number of hydrazine groups is 1. The SMILES string of the molecule is COC1CN(c2ncnc(NN)c2[N+](=O)[O-])CC1OC. The lowest BCUT2D eigenvalue weighted by atomic mass is 10.3. The van der Waals surface area contributed by atoms with Gasteiger partial charge in [-0.3, -0.25) is 10.1 Å². The van der Waals surface area contributed by atoms with Crippen molar-refractivity contribution in [3.63, 3.8) is 0 Å². The fraction of sp³-hybridized carbons (Fsp3) is 0.600. The number of rotatable bonds is 5. The van der Waals surface area contributed by atoms with Crippen molar-refractivity contribution >= 4 is 17.3 Å². The van der Waals surface area contributed by atoms with Crippen LogP contribution in [0.15, 0.2) is 6.33 Å². The largest absolute Gasteiger partial charge is 0.377 e. The van der Waals surface area contributed by atoms with E-state index in [1.54, 1.807) is 19.1 Å². The molecular formula is C10H16N6O4. The number of aromatic nitrogens is 2. The van der Waals surface area contributed by atoms with Crippen LogP contribution in [-0.4, -0.2) is 54.4 Å². The lowest BCUT2D eigenvalue weighted by Crippen LogP contribution is -2.27. The number of ether oxygens (including phenoxy) is 2. The molecule has 0 bridgehead atoms. The van der Waals surface area contributed by atoms with Crippen LogP contribution in [0.4, 0.5) is 17.3 Å². The minimum absolute atomic E-state index is 0.0326. The maximum Gasteiger partial charge on any atom is 0.354 e. The number of nitro groups is 1. The summed E-state index contributed by atoms with van der Waals surface area (Å²) in [6, 6.07) is 0. The van der Waals surface area contributed by atoms with Gasteiger partial charge in [-0.15, -0.1) is 0 Å². The molecule has 1 aromatic heterocycles. The van der Waals surface area contributed by atoms with E-state index < -0.39 is 4.92 Å². The fourth-order valence-corrected chi connectivity index (χ4v) is 2.24. The molecule has 110 valence electrons. The minimum atomic E-state index is -0.563. The summed E-state index contributed by atoms with van der Waals surface area (Å²) >= 11 is 0. The zero-order chi connectivity index (χ0) is 14.7. The first-order valence-electron chi connectivity index (χ1n) is 5.88. The van der Waals surface area contributed by atoms with Gasteiger partial charge in [0.2, 0.25) is 11.6 Å². The lowest BCUT2D eigenvalue weighted by molar-refractivity contribution is -0.383. The Hall–Kier alpha value is -2.04. The number of nitrogens with one attached hydrogen (secondary N) is 1. The van der Waals surface area contributed by atoms with Crippen molar-refractivity contribution in [1.82, 2.24) is 9.97 Å². The van der Waals surface area contributed by atoms with Crippen molar-refractivity contribution in [1.29, 1.82) is 0 Å². The highest BCUT2D eigenvalue weighted by Crippen LogP contribution is 2.33. The molecule has 0 amide bonds. The van der Waals surface area contributed by atoms with Crippen LogP contribution in [0.25, 0.3) is 0 Å². The summed E-state index contributed by atoms with van der Waals surface area (Å²) in [6.45, 7) is 0.883. The Morgan fingerprint density at radius 3 is 2.45 bits per heavy atom. The highest BCUT2D eigenvalue weighted by Gasteiger charge is 2.37. The molecule has 2 atom stereocenters. The minimum Gasteiger partial charge on any atom is -0.377 e. The Labute approximate surface area is 115 Å². The van der Waals surface area contributed by atoms with Crippen molar-refractivity contribution < 1.29 is 14.4 Å². The third kappa shape index (κ3) is 2.48. The van der Waals surface area contributed by atoms with Crippen molar-refractivity contribution in [3.8, 4) is 0 Å². The summed E-state index contributed by atoms with van der Waals surface area (Å²) in [4.78, 5) is 20.1. The second-order valence-corrected chi connectivity index (χ2v) is 4.25. The average Bonchev–Trinajstić information content (AvgIpc) is 2.89. The van der Waals surface area contributed by atoms with Crippen LogP contribution in [0, 0.1) is 10.1 Å². The van der Waals surface area contributed by atoms with Crippen molar-refractivity contribution in [3.05, 3.63) is 16.4 Å². The molecule has 2 heterocycles. The molecule has 1 saturated heterocycles. The highest BCUT2D eigenvalue weighted by molar-refractivity contribution is 5.70. The Morgan fingerprint density at radius 2 is 2.00 bits per heavy atom. The van der Waals surface area contributed by atoms with Gasteiger partial charge in [0, 0.05) is 27.3 Å². The van der Waals surface area contributed by atoms with Crippen molar-refractivity contribution in [2.45, 2.75) is 12.2 Å². The maximum atomic E-state index is 11.2. The quantitative estimate of drug-likeness (QED) is 0.418. The van der Waals surface area contributed by atoms with Gasteiger partial charge in [-0.05, 0) is 0 Å². The predicted octanol–water partition coefficient (Wildman–Crippen LogP) is -0.480. The van der Waals surface area contributed by atoms with Crippen LogP contribution < -0.4 is 16.2 Å². The van der Waals surface area contributed by atoms with Crippen molar-refractivity contribution in [2.24, 2.45) is 5.84 Å². The first kappa shape index (κ1) is 14.4. The van der Waals surface area contributed by atoms with Crippen molar-refractivity contribution in [2.75, 3.05) is 37.6 Å². The first-order chi connectivity index (χ1) is 9.62. The summed E-state index contributed by atoms with van der Waals surface area (Å²) in [5.74, 6) is 5.41. The van der Waals surface area contributed by atoms with E-state index in [1.807, 2.05) is 0 Å². The molecule has 1 aromatic rings. The smallest absolute Gasteiger partial charge is 0.354 e. The van der Waals surface area contributed by atoms with E-state index in [4.69, 9.17) is 15.3 Å². The third-order valence-corrected chi connectivity index (χ3v) is 3.24. The van der Waals surface area contributed by atoms with Crippen LogP contribution in [0.1, 0.15) is 0 Å². The average molecular weight is 284 g/mol. The third-order valence-electron chi connectivity index (χ3n) is 3.24. The van der Waals surface area contributed by atoms with Gasteiger partial charge < -0.3 is 19.8 Å². The highest BCUT2D eigenvalue weighted by atomic mass is 16.6. The molecule has 0 spiro atoms. The van der Waals surface area contributed by atoms with Crippen LogP contribution >= 0.6 is 0 Å². The van der Waals surface area contributed by atoms with E-state index in [2.05, 4.69) is 15.4 Å². The van der Waals surface area contributed by atoms with E-state index >= 15 is 0 Å². The van der Waals surface area contributed by atoms with Gasteiger partial charge in [-0.25, -0.2) is 15.8 Å². The molecule has 1 aliphatic rings. The Balaban J connectivity index is 2.36. The molecule has 0 aliphatic carbocycles. The first-order valence-corrected chi connectivity index (χ1v) is 5.88. The number of nitrogen functional groups attached to an aromatic ring is 1. The van der Waals surface area contributed by atoms with E-state index in [9.17, 15) is 10.1 Å². The van der Waals surface area contributed by atoms with Gasteiger partial charge >= 0.3 is 5.69 Å². The number of nitrogens with two attached hydrogens (primary N) is 1. The van der Waals surface area contributed by atoms with Crippen LogP contribution in [0.2, 0.25) is 0 Å². The maximum absolute atomic E-state index is 11.2. The number of methoxy groups -OCH3 is 2. The Morgan fingerprint density at radius 1 is 1.40 bits per heavy atom. The lowest BCUT2D eigenvalue weighted by Gasteiger charge is -2.17. The normalized spacial score (nSPS) is 22.1. The van der Waals surface area contributed by atoms with Gasteiger partial charge in [0.1, 0.15) is 18.5 Å². The van der Waals surface area contributed by atoms with Gasteiger partial charge in [0.05, 0.1) is 4.92 Å². The monoisotopic (exact) mass is 284 g/mol. The second-order valence-electron chi connectivity index (χ2n) is 4.25. The van der Waals surface area contributed by atoms with E-state index in [-0.39, 0.29) is 29.5 Å². The molecule has 0 radical (unpaired) electrons. The van der Waals surface area contributed by atoms with Crippen LogP contribution in [-0.2, 0) is 9.47 Å². The standard InChI is InChI=1S/C10H16N6O4/c1-19-6-3-15(4-7(6)20-2)10-8(16(17)18)9(14-11)12-5-13-10/h5-7H,3-4,11H2,1-2H3,(H,12,13,14). The topological polar surface area (TPSA) is 129 Å². The number of anilines is 2. The predicted molar refractivity (Wildman–Crippen MR) is 70.3 cm³/mol. The number of hydrogen-bond donors (Lipinski definition) is 2. The van der Waals surface area contributed by atoms with E-state index in [0.717, 1.165) is 0 Å². The zero-order valence-electron chi connectivity index (χ0n) is 11.1. The second kappa shape index (κ2) is 5.94. The zero-order valence-corrected chi connectivity index (χ0v) is 11.1. The molecule has 3 N–H and O–H groups in total. The van der Waals surface area contributed by atoms with Gasteiger partial charge in [0.15, 0.2) is 0 Å². The molecule has 2 rings (SSSR count). The van der Waals surface area contributed by atoms with Crippen LogP contribution in [0.5, 0.6) is 0 Å². The van der Waals surface area contributed by atoms with Gasteiger partial charge in [0.25, 0.3) is 0 Å². The summed E-state index contributed by atoms with van der Waals surface area (Å²) in [5, 5.41) is 11.2. The Kier molecular flexibility index (Phi) is 4.27. The molecule has 20 heavy (non-hydrogen) atoms. The molecule has 0 aromatic carbocycles. The number of hydrogen-bond acceptors (Lipinski definition) is 9. The fourth-order valence-electron chi connectivity index (χ4n) is 2.24. The molecule has 10 heteroatoms. The van der Waals surface area contributed by atoms with E-state index in [0.29, 0.717) is 13.1 Å². The molecular weight excluding hydrogens is 268 g/mol. The molecule has 10 nitrogen and oxygen atoms in total. The molecule has 0 saturated carbocycles. The summed E-state index contributed by atoms with van der Waals surface area (Å²) in [7, 11) is 3.14. The summed E-state index contributed by atoms with van der Waals surface area (Å²) < 4.78 is 10.6. The van der Waals surface area contributed by atoms with Gasteiger partial charge in [-0.2, -0.15) is 0 Å². The number of nitrogens with zero attached hydrogens (tertiary/aromatic N) is 4. The summed E-state index contributed by atoms with van der Waals surface area (Å²) in [5.41, 5.74) is 1.95. The van der Waals surface area contributed by atoms with Gasteiger partial charge in [-0.1, -0.05) is 0 Å². The molecule has 2 unspecified atom stereocenters. The Bertz CT molecular complexity index is 487. The molecule has 1 aliphatic heterocycles. The van der Waals surface area contributed by atoms with Crippen LogP contribution in [0.3, 0.4) is 0 Å². The summed E-state index contributed by atoms with van der Waals surface area (Å²) in [6.07, 6.45) is 0.868. The molecule has 1 fully saturated rings. The van der Waals surface area contributed by atoms with E-state index in [1.165, 1.54) is 6.33 Å².